The smallest absolute Gasteiger partial charge is 0.257 e. The van der Waals surface area contributed by atoms with Gasteiger partial charge in [-0.2, -0.15) is 0 Å². The summed E-state index contributed by atoms with van der Waals surface area (Å²) >= 11 is 10.8. The highest BCUT2D eigenvalue weighted by atomic mass is 35.5. The van der Waals surface area contributed by atoms with Crippen LogP contribution >= 0.6 is 23.8 Å². The summed E-state index contributed by atoms with van der Waals surface area (Å²) in [5, 5.41) is 15.4. The Labute approximate surface area is 126 Å². The number of carbonyl (C=O) groups is 1. The van der Waals surface area contributed by atoms with Crippen LogP contribution < -0.4 is 10.6 Å². The van der Waals surface area contributed by atoms with Gasteiger partial charge in [-0.3, -0.25) is 10.1 Å². The zero-order valence-electron chi connectivity index (χ0n) is 10.3. The third-order valence-electron chi connectivity index (χ3n) is 2.44. The number of anilines is 1. The van der Waals surface area contributed by atoms with Crippen LogP contribution in [-0.4, -0.2) is 16.1 Å². The predicted octanol–water partition coefficient (Wildman–Crippen LogP) is 3.17. The fourth-order valence-corrected chi connectivity index (χ4v) is 1.86. The van der Waals surface area contributed by atoms with Crippen molar-refractivity contribution in [1.29, 1.82) is 0 Å². The second-order valence-corrected chi connectivity index (χ2v) is 4.81. The van der Waals surface area contributed by atoms with Crippen molar-refractivity contribution in [2.45, 2.75) is 0 Å². The van der Waals surface area contributed by atoms with Crippen LogP contribution in [0.1, 0.15) is 10.4 Å². The van der Waals surface area contributed by atoms with E-state index in [1.54, 1.807) is 42.5 Å². The molecule has 0 bridgehead atoms. The van der Waals surface area contributed by atoms with Crippen molar-refractivity contribution in [1.82, 2.24) is 5.32 Å². The number of rotatable bonds is 2. The second kappa shape index (κ2) is 6.36. The molecule has 0 atom stereocenters. The van der Waals surface area contributed by atoms with E-state index in [4.69, 9.17) is 23.8 Å². The molecule has 0 spiro atoms. The van der Waals surface area contributed by atoms with Crippen molar-refractivity contribution in [2.24, 2.45) is 0 Å². The molecular formula is C14H11ClN2O2S. The molecule has 2 aromatic rings. The average molecular weight is 307 g/mol. The predicted molar refractivity (Wildman–Crippen MR) is 83.2 cm³/mol. The van der Waals surface area contributed by atoms with Gasteiger partial charge in [0.05, 0.1) is 0 Å². The molecule has 0 aliphatic heterocycles. The normalized spacial score (nSPS) is 9.85. The van der Waals surface area contributed by atoms with Gasteiger partial charge in [-0.05, 0) is 48.6 Å². The molecule has 0 saturated carbocycles. The molecular weight excluding hydrogens is 296 g/mol. The van der Waals surface area contributed by atoms with E-state index in [9.17, 15) is 9.90 Å². The summed E-state index contributed by atoms with van der Waals surface area (Å²) in [6.45, 7) is 0. The minimum absolute atomic E-state index is 0.113. The van der Waals surface area contributed by atoms with Crippen molar-refractivity contribution in [2.75, 3.05) is 5.32 Å². The highest BCUT2D eigenvalue weighted by molar-refractivity contribution is 7.80. The summed E-state index contributed by atoms with van der Waals surface area (Å²) in [7, 11) is 0. The number of phenolic OH excluding ortho intramolecular Hbond substituents is 1. The summed E-state index contributed by atoms with van der Waals surface area (Å²) < 4.78 is 0. The number of nitrogens with one attached hydrogen (secondary N) is 2. The maximum atomic E-state index is 11.9. The number of halogens is 1. The molecule has 0 unspecified atom stereocenters. The van der Waals surface area contributed by atoms with Crippen molar-refractivity contribution in [3.63, 3.8) is 0 Å². The number of hydrogen-bond donors (Lipinski definition) is 3. The molecule has 0 aromatic heterocycles. The van der Waals surface area contributed by atoms with Gasteiger partial charge in [0.15, 0.2) is 5.11 Å². The van der Waals surface area contributed by atoms with Crippen molar-refractivity contribution in [3.8, 4) is 5.75 Å². The van der Waals surface area contributed by atoms with Crippen LogP contribution in [0, 0.1) is 0 Å². The Hall–Kier alpha value is -2.11. The van der Waals surface area contributed by atoms with Crippen molar-refractivity contribution < 1.29 is 9.90 Å². The molecule has 3 N–H and O–H groups in total. The second-order valence-electron chi connectivity index (χ2n) is 3.97. The fourth-order valence-electron chi connectivity index (χ4n) is 1.52. The molecule has 6 heteroatoms. The summed E-state index contributed by atoms with van der Waals surface area (Å²) in [6.07, 6.45) is 0. The van der Waals surface area contributed by atoms with Crippen LogP contribution in [-0.2, 0) is 0 Å². The van der Waals surface area contributed by atoms with Crippen LogP contribution in [0.15, 0.2) is 48.5 Å². The monoisotopic (exact) mass is 306 g/mol. The number of aromatic hydroxyl groups is 1. The maximum absolute atomic E-state index is 11.9. The van der Waals surface area contributed by atoms with Crippen LogP contribution in [0.2, 0.25) is 5.02 Å². The summed E-state index contributed by atoms with van der Waals surface area (Å²) in [5.74, 6) is -0.221. The third-order valence-corrected chi connectivity index (χ3v) is 2.89. The first-order chi connectivity index (χ1) is 9.54. The van der Waals surface area contributed by atoms with Crippen molar-refractivity contribution in [3.05, 3.63) is 59.1 Å². The van der Waals surface area contributed by atoms with Gasteiger partial charge in [0, 0.05) is 22.3 Å². The third kappa shape index (κ3) is 3.94. The average Bonchev–Trinajstić information content (AvgIpc) is 2.39. The Balaban J connectivity index is 1.97. The highest BCUT2D eigenvalue weighted by Crippen LogP contribution is 2.15. The largest absolute Gasteiger partial charge is 0.508 e. The summed E-state index contributed by atoms with van der Waals surface area (Å²) in [6, 6.07) is 12.9. The molecule has 2 aromatic carbocycles. The summed E-state index contributed by atoms with van der Waals surface area (Å²) in [4.78, 5) is 11.9. The van der Waals surface area contributed by atoms with Crippen LogP contribution in [0.3, 0.4) is 0 Å². The molecule has 0 aliphatic carbocycles. The number of benzene rings is 2. The first-order valence-electron chi connectivity index (χ1n) is 5.71. The molecule has 20 heavy (non-hydrogen) atoms. The van der Waals surface area contributed by atoms with Gasteiger partial charge in [-0.1, -0.05) is 17.7 Å². The molecule has 4 nitrogen and oxygen atoms in total. The zero-order chi connectivity index (χ0) is 14.5. The molecule has 2 rings (SSSR count). The molecule has 1 amide bonds. The molecule has 0 heterocycles. The molecule has 0 saturated heterocycles. The van der Waals surface area contributed by atoms with Gasteiger partial charge >= 0.3 is 0 Å². The Morgan fingerprint density at radius 2 is 1.85 bits per heavy atom. The van der Waals surface area contributed by atoms with Gasteiger partial charge in [0.25, 0.3) is 5.91 Å². The number of hydrogen-bond acceptors (Lipinski definition) is 3. The van der Waals surface area contributed by atoms with E-state index in [1.807, 2.05) is 0 Å². The minimum atomic E-state index is -0.334. The lowest BCUT2D eigenvalue weighted by Crippen LogP contribution is -2.34. The molecule has 102 valence electrons. The Morgan fingerprint density at radius 3 is 2.50 bits per heavy atom. The van der Waals surface area contributed by atoms with Gasteiger partial charge in [-0.25, -0.2) is 0 Å². The lowest BCUT2D eigenvalue weighted by atomic mass is 10.2. The van der Waals surface area contributed by atoms with E-state index < -0.39 is 0 Å². The molecule has 0 aliphatic rings. The lowest BCUT2D eigenvalue weighted by Gasteiger charge is -2.09. The Kier molecular flexibility index (Phi) is 4.55. The van der Waals surface area contributed by atoms with Crippen LogP contribution in [0.5, 0.6) is 5.75 Å². The number of thiocarbonyl (C=S) groups is 1. The van der Waals surface area contributed by atoms with E-state index in [0.29, 0.717) is 16.3 Å². The van der Waals surface area contributed by atoms with E-state index in [-0.39, 0.29) is 16.8 Å². The van der Waals surface area contributed by atoms with E-state index in [1.165, 1.54) is 6.07 Å². The van der Waals surface area contributed by atoms with E-state index >= 15 is 0 Å². The maximum Gasteiger partial charge on any atom is 0.257 e. The quantitative estimate of drug-likeness (QED) is 0.746. The Bertz CT molecular complexity index is 644. The zero-order valence-corrected chi connectivity index (χ0v) is 11.8. The van der Waals surface area contributed by atoms with E-state index in [0.717, 1.165) is 0 Å². The number of amides is 1. The number of phenols is 1. The lowest BCUT2D eigenvalue weighted by molar-refractivity contribution is 0.0978. The first kappa shape index (κ1) is 14.3. The Morgan fingerprint density at radius 1 is 1.15 bits per heavy atom. The minimum Gasteiger partial charge on any atom is -0.508 e. The first-order valence-corrected chi connectivity index (χ1v) is 6.50. The SMILES string of the molecule is O=C(NC(=S)Nc1cccc(O)c1)c1ccc(Cl)cc1. The number of carbonyl (C=O) groups excluding carboxylic acids is 1. The highest BCUT2D eigenvalue weighted by Gasteiger charge is 2.07. The summed E-state index contributed by atoms with van der Waals surface area (Å²) in [5.41, 5.74) is 1.04. The standard InChI is InChI=1S/C14H11ClN2O2S/c15-10-6-4-9(5-7-10)13(19)17-14(20)16-11-2-1-3-12(18)8-11/h1-8,18H,(H2,16,17,19,20). The topological polar surface area (TPSA) is 61.4 Å². The van der Waals surface area contributed by atoms with Gasteiger partial charge in [0.1, 0.15) is 5.75 Å². The van der Waals surface area contributed by atoms with Gasteiger partial charge < -0.3 is 10.4 Å². The van der Waals surface area contributed by atoms with E-state index in [2.05, 4.69) is 10.6 Å². The fraction of sp³-hybridized carbons (Fsp3) is 0. The van der Waals surface area contributed by atoms with Crippen molar-refractivity contribution >= 4 is 40.5 Å². The van der Waals surface area contributed by atoms with Crippen LogP contribution in [0.25, 0.3) is 0 Å². The molecule has 0 fully saturated rings. The van der Waals surface area contributed by atoms with Gasteiger partial charge in [-0.15, -0.1) is 0 Å². The van der Waals surface area contributed by atoms with Crippen LogP contribution in [0.4, 0.5) is 5.69 Å². The van der Waals surface area contributed by atoms with Gasteiger partial charge in [0.2, 0.25) is 0 Å². The molecule has 0 radical (unpaired) electrons.